The quantitative estimate of drug-likeness (QED) is 0.764. The van der Waals surface area contributed by atoms with E-state index >= 15 is 0 Å². The topological polar surface area (TPSA) is 35.2 Å². The lowest BCUT2D eigenvalue weighted by atomic mass is 9.80. The monoisotopic (exact) mass is 233 g/mol. The Bertz CT molecular complexity index is 329. The lowest BCUT2D eigenvalue weighted by Crippen LogP contribution is -2.12. The highest BCUT2D eigenvalue weighted by Gasteiger charge is 2.19. The van der Waals surface area contributed by atoms with Crippen LogP contribution in [0.2, 0.25) is 0 Å². The second-order valence-electron chi connectivity index (χ2n) is 5.04. The summed E-state index contributed by atoms with van der Waals surface area (Å²) in [6, 6.07) is 9.07. The molecule has 1 atom stereocenters. The average Bonchev–Trinajstić information content (AvgIpc) is 2.28. The molecule has 2 nitrogen and oxygen atoms in total. The van der Waals surface area contributed by atoms with Crippen LogP contribution in [-0.2, 0) is 4.74 Å². The number of benzene rings is 1. The van der Waals surface area contributed by atoms with Crippen molar-refractivity contribution in [1.29, 1.82) is 0 Å². The summed E-state index contributed by atoms with van der Waals surface area (Å²) in [6.45, 7) is 0.799. The van der Waals surface area contributed by atoms with Crippen LogP contribution >= 0.6 is 0 Å². The Balaban J connectivity index is 1.87. The van der Waals surface area contributed by atoms with E-state index in [1.807, 2.05) is 0 Å². The van der Waals surface area contributed by atoms with Gasteiger partial charge in [-0.15, -0.1) is 0 Å². The van der Waals surface area contributed by atoms with Gasteiger partial charge in [0.1, 0.15) is 0 Å². The molecule has 0 spiro atoms. The molecule has 17 heavy (non-hydrogen) atoms. The molecule has 0 aliphatic heterocycles. The second kappa shape index (κ2) is 6.18. The van der Waals surface area contributed by atoms with Gasteiger partial charge in [0.2, 0.25) is 0 Å². The summed E-state index contributed by atoms with van der Waals surface area (Å²) in [5, 5.41) is 0. The molecule has 1 aromatic carbocycles. The zero-order valence-electron chi connectivity index (χ0n) is 10.7. The Morgan fingerprint density at radius 1 is 1.29 bits per heavy atom. The maximum Gasteiger partial charge on any atom is 0.0462 e. The van der Waals surface area contributed by atoms with Crippen molar-refractivity contribution in [3.63, 3.8) is 0 Å². The Hall–Kier alpha value is -0.860. The SMILES string of the molecule is COCCCC(N)c1ccc(C2CCC2)cc1. The highest BCUT2D eigenvalue weighted by Crippen LogP contribution is 2.36. The van der Waals surface area contributed by atoms with Crippen molar-refractivity contribution in [2.24, 2.45) is 5.73 Å². The summed E-state index contributed by atoms with van der Waals surface area (Å²) in [6.07, 6.45) is 6.14. The van der Waals surface area contributed by atoms with E-state index in [1.54, 1.807) is 7.11 Å². The van der Waals surface area contributed by atoms with Gasteiger partial charge >= 0.3 is 0 Å². The molecule has 0 radical (unpaired) electrons. The zero-order valence-corrected chi connectivity index (χ0v) is 10.7. The summed E-state index contributed by atoms with van der Waals surface area (Å²) in [4.78, 5) is 0. The van der Waals surface area contributed by atoms with Gasteiger partial charge < -0.3 is 10.5 Å². The number of rotatable bonds is 6. The van der Waals surface area contributed by atoms with Crippen LogP contribution in [0.4, 0.5) is 0 Å². The fraction of sp³-hybridized carbons (Fsp3) is 0.600. The van der Waals surface area contributed by atoms with Gasteiger partial charge in [0.25, 0.3) is 0 Å². The molecule has 1 aromatic rings. The van der Waals surface area contributed by atoms with E-state index in [0.717, 1.165) is 25.4 Å². The van der Waals surface area contributed by atoms with E-state index in [1.165, 1.54) is 30.4 Å². The molecule has 1 fully saturated rings. The molecule has 0 saturated heterocycles. The number of methoxy groups -OCH3 is 1. The Kier molecular flexibility index (Phi) is 4.57. The number of nitrogens with two attached hydrogens (primary N) is 1. The molecular weight excluding hydrogens is 210 g/mol. The number of hydrogen-bond donors (Lipinski definition) is 1. The van der Waals surface area contributed by atoms with Crippen LogP contribution in [0.3, 0.4) is 0 Å². The van der Waals surface area contributed by atoms with Crippen LogP contribution < -0.4 is 5.73 Å². The maximum absolute atomic E-state index is 6.15. The third-order valence-electron chi connectivity index (χ3n) is 3.80. The zero-order chi connectivity index (χ0) is 12.1. The lowest BCUT2D eigenvalue weighted by Gasteiger charge is -2.26. The predicted octanol–water partition coefficient (Wildman–Crippen LogP) is 3.38. The first-order valence-corrected chi connectivity index (χ1v) is 6.65. The van der Waals surface area contributed by atoms with Crippen molar-refractivity contribution in [1.82, 2.24) is 0 Å². The first kappa shape index (κ1) is 12.6. The first-order valence-electron chi connectivity index (χ1n) is 6.65. The highest BCUT2D eigenvalue weighted by molar-refractivity contribution is 5.28. The van der Waals surface area contributed by atoms with E-state index in [4.69, 9.17) is 10.5 Å². The van der Waals surface area contributed by atoms with Gasteiger partial charge in [0.15, 0.2) is 0 Å². The fourth-order valence-electron chi connectivity index (χ4n) is 2.37. The van der Waals surface area contributed by atoms with E-state index in [-0.39, 0.29) is 6.04 Å². The van der Waals surface area contributed by atoms with Crippen molar-refractivity contribution < 1.29 is 4.74 Å². The lowest BCUT2D eigenvalue weighted by molar-refractivity contribution is 0.190. The second-order valence-corrected chi connectivity index (χ2v) is 5.04. The van der Waals surface area contributed by atoms with Crippen LogP contribution in [0.1, 0.15) is 55.2 Å². The highest BCUT2D eigenvalue weighted by atomic mass is 16.5. The van der Waals surface area contributed by atoms with Crippen molar-refractivity contribution >= 4 is 0 Å². The molecule has 94 valence electrons. The maximum atomic E-state index is 6.15. The van der Waals surface area contributed by atoms with E-state index in [9.17, 15) is 0 Å². The molecule has 0 bridgehead atoms. The smallest absolute Gasteiger partial charge is 0.0462 e. The van der Waals surface area contributed by atoms with Crippen molar-refractivity contribution in [3.8, 4) is 0 Å². The number of ether oxygens (including phenoxy) is 1. The third kappa shape index (κ3) is 3.30. The Morgan fingerprint density at radius 2 is 2.00 bits per heavy atom. The molecule has 1 aliphatic carbocycles. The minimum Gasteiger partial charge on any atom is -0.385 e. The molecule has 2 rings (SSSR count). The van der Waals surface area contributed by atoms with Gasteiger partial charge in [0, 0.05) is 19.8 Å². The Morgan fingerprint density at radius 3 is 2.53 bits per heavy atom. The number of hydrogen-bond acceptors (Lipinski definition) is 2. The van der Waals surface area contributed by atoms with Gasteiger partial charge in [-0.25, -0.2) is 0 Å². The van der Waals surface area contributed by atoms with Crippen LogP contribution in [0.15, 0.2) is 24.3 Å². The fourth-order valence-corrected chi connectivity index (χ4v) is 2.37. The van der Waals surface area contributed by atoms with Crippen LogP contribution in [0.25, 0.3) is 0 Å². The standard InChI is InChI=1S/C15H23NO/c1-17-11-3-6-15(16)14-9-7-13(8-10-14)12-4-2-5-12/h7-10,12,15H,2-6,11,16H2,1H3. The van der Waals surface area contributed by atoms with Gasteiger partial charge in [-0.1, -0.05) is 30.7 Å². The summed E-state index contributed by atoms with van der Waals surface area (Å²) >= 11 is 0. The van der Waals surface area contributed by atoms with Crippen molar-refractivity contribution in [3.05, 3.63) is 35.4 Å². The van der Waals surface area contributed by atoms with Crippen molar-refractivity contribution in [2.75, 3.05) is 13.7 Å². The summed E-state index contributed by atoms with van der Waals surface area (Å²) < 4.78 is 5.05. The summed E-state index contributed by atoms with van der Waals surface area (Å²) in [7, 11) is 1.74. The van der Waals surface area contributed by atoms with Gasteiger partial charge in [-0.3, -0.25) is 0 Å². The minimum absolute atomic E-state index is 0.153. The van der Waals surface area contributed by atoms with Gasteiger partial charge in [-0.2, -0.15) is 0 Å². The predicted molar refractivity (Wildman–Crippen MR) is 71.1 cm³/mol. The molecule has 0 heterocycles. The molecule has 2 N–H and O–H groups in total. The van der Waals surface area contributed by atoms with E-state index < -0.39 is 0 Å². The largest absolute Gasteiger partial charge is 0.385 e. The minimum atomic E-state index is 0.153. The van der Waals surface area contributed by atoms with Crippen molar-refractivity contribution in [2.45, 2.75) is 44.1 Å². The molecular formula is C15H23NO. The Labute approximate surface area is 104 Å². The van der Waals surface area contributed by atoms with Gasteiger partial charge in [0.05, 0.1) is 0 Å². The van der Waals surface area contributed by atoms with E-state index in [2.05, 4.69) is 24.3 Å². The van der Waals surface area contributed by atoms with Crippen LogP contribution in [-0.4, -0.2) is 13.7 Å². The molecule has 0 amide bonds. The third-order valence-corrected chi connectivity index (χ3v) is 3.80. The van der Waals surface area contributed by atoms with Crippen LogP contribution in [0, 0.1) is 0 Å². The van der Waals surface area contributed by atoms with E-state index in [0.29, 0.717) is 0 Å². The molecule has 0 aromatic heterocycles. The molecule has 1 aliphatic rings. The summed E-state index contributed by atoms with van der Waals surface area (Å²) in [5.74, 6) is 0.814. The molecule has 1 unspecified atom stereocenters. The summed E-state index contributed by atoms with van der Waals surface area (Å²) in [5.41, 5.74) is 8.90. The first-order chi connectivity index (χ1) is 8.31. The normalized spacial score (nSPS) is 17.8. The molecule has 1 saturated carbocycles. The average molecular weight is 233 g/mol. The van der Waals surface area contributed by atoms with Gasteiger partial charge in [-0.05, 0) is 42.7 Å². The van der Waals surface area contributed by atoms with Crippen LogP contribution in [0.5, 0.6) is 0 Å². The molecule has 2 heteroatoms.